The van der Waals surface area contributed by atoms with Gasteiger partial charge in [0.2, 0.25) is 11.7 Å². The summed E-state index contributed by atoms with van der Waals surface area (Å²) in [5.41, 5.74) is 1.90. The van der Waals surface area contributed by atoms with Crippen LogP contribution in [0.5, 0.6) is 5.75 Å². The molecule has 0 amide bonds. The topological polar surface area (TPSA) is 48.2 Å². The number of aromatic nitrogens is 2. The Kier molecular flexibility index (Phi) is 4.61. The highest BCUT2D eigenvalue weighted by atomic mass is 35.5. The maximum Gasteiger partial charge on any atom is 0.241 e. The standard InChI is InChI=1S/C16H12Cl2N2O2/c17-9-15-19-16(20-22-15)12-3-7-14(8-4-12)21-10-11-1-5-13(18)6-2-11/h1-8H,9-10H2. The highest BCUT2D eigenvalue weighted by molar-refractivity contribution is 6.30. The van der Waals surface area contributed by atoms with Gasteiger partial charge in [-0.05, 0) is 42.0 Å². The number of nitrogens with zero attached hydrogens (tertiary/aromatic N) is 2. The van der Waals surface area contributed by atoms with Crippen LogP contribution in [0.3, 0.4) is 0 Å². The normalized spacial score (nSPS) is 10.6. The summed E-state index contributed by atoms with van der Waals surface area (Å²) in [6, 6.07) is 15.0. The van der Waals surface area contributed by atoms with Gasteiger partial charge in [-0.25, -0.2) is 0 Å². The Labute approximate surface area is 137 Å². The van der Waals surface area contributed by atoms with E-state index >= 15 is 0 Å². The molecular weight excluding hydrogens is 323 g/mol. The molecule has 0 bridgehead atoms. The van der Waals surface area contributed by atoms with Crippen molar-refractivity contribution in [2.45, 2.75) is 12.5 Å². The molecule has 0 aliphatic carbocycles. The molecule has 0 saturated carbocycles. The van der Waals surface area contributed by atoms with Gasteiger partial charge in [0.25, 0.3) is 0 Å². The fourth-order valence-electron chi connectivity index (χ4n) is 1.87. The van der Waals surface area contributed by atoms with Crippen LogP contribution < -0.4 is 4.74 Å². The maximum absolute atomic E-state index is 5.85. The summed E-state index contributed by atoms with van der Waals surface area (Å²) >= 11 is 11.5. The van der Waals surface area contributed by atoms with Gasteiger partial charge in [-0.1, -0.05) is 28.9 Å². The van der Waals surface area contributed by atoms with Gasteiger partial charge >= 0.3 is 0 Å². The first-order valence-electron chi connectivity index (χ1n) is 6.61. The highest BCUT2D eigenvalue weighted by Crippen LogP contribution is 2.21. The van der Waals surface area contributed by atoms with Crippen molar-refractivity contribution in [2.75, 3.05) is 0 Å². The Hall–Kier alpha value is -2.04. The number of rotatable bonds is 5. The molecule has 0 aliphatic rings. The summed E-state index contributed by atoms with van der Waals surface area (Å²) in [6.07, 6.45) is 0. The van der Waals surface area contributed by atoms with E-state index in [4.69, 9.17) is 32.5 Å². The van der Waals surface area contributed by atoms with Crippen LogP contribution in [0.25, 0.3) is 11.4 Å². The van der Waals surface area contributed by atoms with E-state index in [0.717, 1.165) is 16.9 Å². The third-order valence-corrected chi connectivity index (χ3v) is 3.49. The zero-order valence-corrected chi connectivity index (χ0v) is 13.0. The molecule has 0 radical (unpaired) electrons. The van der Waals surface area contributed by atoms with Crippen LogP contribution in [0.15, 0.2) is 53.1 Å². The van der Waals surface area contributed by atoms with Crippen LogP contribution >= 0.6 is 23.2 Å². The highest BCUT2D eigenvalue weighted by Gasteiger charge is 2.07. The third-order valence-electron chi connectivity index (χ3n) is 3.01. The molecule has 22 heavy (non-hydrogen) atoms. The number of alkyl halides is 1. The van der Waals surface area contributed by atoms with E-state index in [9.17, 15) is 0 Å². The van der Waals surface area contributed by atoms with Gasteiger partial charge in [-0.2, -0.15) is 4.98 Å². The minimum atomic E-state index is 0.204. The van der Waals surface area contributed by atoms with Gasteiger partial charge < -0.3 is 9.26 Å². The molecule has 1 heterocycles. The number of benzene rings is 2. The van der Waals surface area contributed by atoms with Crippen molar-refractivity contribution in [1.82, 2.24) is 10.1 Å². The van der Waals surface area contributed by atoms with Gasteiger partial charge in [0.05, 0.1) is 0 Å². The van der Waals surface area contributed by atoms with Gasteiger partial charge in [-0.3, -0.25) is 0 Å². The molecule has 4 nitrogen and oxygen atoms in total. The van der Waals surface area contributed by atoms with Crippen molar-refractivity contribution in [3.05, 3.63) is 65.0 Å². The quantitative estimate of drug-likeness (QED) is 0.634. The molecule has 112 valence electrons. The smallest absolute Gasteiger partial charge is 0.241 e. The van der Waals surface area contributed by atoms with Gasteiger partial charge in [-0.15, -0.1) is 11.6 Å². The summed E-state index contributed by atoms with van der Waals surface area (Å²) in [5, 5.41) is 4.58. The average Bonchev–Trinajstić information content (AvgIpc) is 3.04. The first kappa shape index (κ1) is 14.9. The summed E-state index contributed by atoms with van der Waals surface area (Å²) < 4.78 is 10.7. The lowest BCUT2D eigenvalue weighted by Crippen LogP contribution is -1.95. The molecular formula is C16H12Cl2N2O2. The summed E-state index contributed by atoms with van der Waals surface area (Å²) in [6.45, 7) is 0.481. The van der Waals surface area contributed by atoms with E-state index in [2.05, 4.69) is 10.1 Å². The van der Waals surface area contributed by atoms with Crippen LogP contribution in [-0.2, 0) is 12.5 Å². The Morgan fingerprint density at radius 2 is 1.73 bits per heavy atom. The fourth-order valence-corrected chi connectivity index (χ4v) is 2.11. The zero-order chi connectivity index (χ0) is 15.4. The number of ether oxygens (including phenoxy) is 1. The van der Waals surface area contributed by atoms with E-state index in [1.165, 1.54) is 0 Å². The average molecular weight is 335 g/mol. The summed E-state index contributed by atoms with van der Waals surface area (Å²) in [7, 11) is 0. The van der Waals surface area contributed by atoms with Crippen LogP contribution in [0, 0.1) is 0 Å². The maximum atomic E-state index is 5.85. The first-order chi connectivity index (χ1) is 10.7. The molecule has 2 aromatic carbocycles. The van der Waals surface area contributed by atoms with Crippen molar-refractivity contribution in [3.8, 4) is 17.1 Å². The van der Waals surface area contributed by atoms with Gasteiger partial charge in [0.1, 0.15) is 18.2 Å². The minimum Gasteiger partial charge on any atom is -0.489 e. The van der Waals surface area contributed by atoms with E-state index in [0.29, 0.717) is 23.3 Å². The Morgan fingerprint density at radius 3 is 2.36 bits per heavy atom. The second-order valence-corrected chi connectivity index (χ2v) is 5.29. The molecule has 1 aromatic heterocycles. The van der Waals surface area contributed by atoms with Gasteiger partial charge in [0.15, 0.2) is 0 Å². The fraction of sp³-hybridized carbons (Fsp3) is 0.125. The molecule has 3 rings (SSSR count). The van der Waals surface area contributed by atoms with E-state index in [1.807, 2.05) is 48.5 Å². The molecule has 0 saturated heterocycles. The molecule has 0 spiro atoms. The molecule has 0 atom stereocenters. The zero-order valence-electron chi connectivity index (χ0n) is 11.5. The van der Waals surface area contributed by atoms with Crippen molar-refractivity contribution in [2.24, 2.45) is 0 Å². The summed E-state index contributed by atoms with van der Waals surface area (Å²) in [4.78, 5) is 4.17. The van der Waals surface area contributed by atoms with E-state index in [-0.39, 0.29) is 5.88 Å². The molecule has 0 unspecified atom stereocenters. The van der Waals surface area contributed by atoms with E-state index < -0.39 is 0 Å². The second kappa shape index (κ2) is 6.81. The lowest BCUT2D eigenvalue weighted by Gasteiger charge is -2.06. The lowest BCUT2D eigenvalue weighted by atomic mass is 10.2. The van der Waals surface area contributed by atoms with Crippen LogP contribution in [-0.4, -0.2) is 10.1 Å². The van der Waals surface area contributed by atoms with Crippen LogP contribution in [0.1, 0.15) is 11.5 Å². The van der Waals surface area contributed by atoms with Crippen LogP contribution in [0.4, 0.5) is 0 Å². The molecule has 6 heteroatoms. The van der Waals surface area contributed by atoms with Crippen LogP contribution in [0.2, 0.25) is 5.02 Å². The lowest BCUT2D eigenvalue weighted by molar-refractivity contribution is 0.306. The predicted molar refractivity (Wildman–Crippen MR) is 85.1 cm³/mol. The van der Waals surface area contributed by atoms with Gasteiger partial charge in [0, 0.05) is 10.6 Å². The predicted octanol–water partition coefficient (Wildman–Crippen LogP) is 4.71. The van der Waals surface area contributed by atoms with E-state index in [1.54, 1.807) is 0 Å². The Balaban J connectivity index is 1.65. The Bertz CT molecular complexity index is 740. The summed E-state index contributed by atoms with van der Waals surface area (Å²) in [5.74, 6) is 1.88. The number of hydrogen-bond acceptors (Lipinski definition) is 4. The van der Waals surface area contributed by atoms with Crippen molar-refractivity contribution < 1.29 is 9.26 Å². The van der Waals surface area contributed by atoms with Crippen molar-refractivity contribution in [1.29, 1.82) is 0 Å². The third kappa shape index (κ3) is 3.59. The SMILES string of the molecule is ClCc1nc(-c2ccc(OCc3ccc(Cl)cc3)cc2)no1. The molecule has 0 aliphatic heterocycles. The number of halogens is 2. The Morgan fingerprint density at radius 1 is 1.00 bits per heavy atom. The molecule has 0 fully saturated rings. The van der Waals surface area contributed by atoms with Crippen molar-refractivity contribution in [3.63, 3.8) is 0 Å². The first-order valence-corrected chi connectivity index (χ1v) is 7.52. The largest absolute Gasteiger partial charge is 0.489 e. The molecule has 0 N–H and O–H groups in total. The van der Waals surface area contributed by atoms with Crippen molar-refractivity contribution >= 4 is 23.2 Å². The number of hydrogen-bond donors (Lipinski definition) is 0. The molecule has 3 aromatic rings. The minimum absolute atomic E-state index is 0.204. The monoisotopic (exact) mass is 334 g/mol. The second-order valence-electron chi connectivity index (χ2n) is 4.58.